The molecule has 3 rings (SSSR count). The van der Waals surface area contributed by atoms with Gasteiger partial charge in [-0.25, -0.2) is 0 Å². The van der Waals surface area contributed by atoms with E-state index in [1.165, 1.54) is 42.4 Å². The van der Waals surface area contributed by atoms with Crippen LogP contribution >= 0.6 is 15.9 Å². The Morgan fingerprint density at radius 1 is 1.12 bits per heavy atom. The van der Waals surface area contributed by atoms with Crippen molar-refractivity contribution in [1.82, 2.24) is 10.6 Å². The van der Waals surface area contributed by atoms with Gasteiger partial charge in [0.25, 0.3) is 0 Å². The third kappa shape index (κ3) is 2.90. The molecule has 1 saturated carbocycles. The maximum Gasteiger partial charge on any atom is 0.0175 e. The largest absolute Gasteiger partial charge is 0.317 e. The SMILES string of the molecule is Brc1ccc([C@@H]2C[C@H]2NC2CCNCC2)cc1. The Hall–Kier alpha value is -0.380. The summed E-state index contributed by atoms with van der Waals surface area (Å²) in [5.41, 5.74) is 1.49. The fourth-order valence-electron chi connectivity index (χ4n) is 2.75. The van der Waals surface area contributed by atoms with Gasteiger partial charge in [-0.1, -0.05) is 28.1 Å². The van der Waals surface area contributed by atoms with Crippen molar-refractivity contribution in [3.8, 4) is 0 Å². The topological polar surface area (TPSA) is 24.1 Å². The van der Waals surface area contributed by atoms with Crippen LogP contribution in [-0.4, -0.2) is 25.2 Å². The van der Waals surface area contributed by atoms with Crippen LogP contribution in [0.5, 0.6) is 0 Å². The minimum absolute atomic E-state index is 0.722. The predicted octanol–water partition coefficient (Wildman–Crippen LogP) is 2.65. The van der Waals surface area contributed by atoms with Gasteiger partial charge in [0.2, 0.25) is 0 Å². The first kappa shape index (κ1) is 11.7. The second kappa shape index (κ2) is 5.09. The van der Waals surface area contributed by atoms with Crippen molar-refractivity contribution in [3.63, 3.8) is 0 Å². The molecule has 0 aromatic heterocycles. The highest BCUT2D eigenvalue weighted by atomic mass is 79.9. The zero-order chi connectivity index (χ0) is 11.7. The van der Waals surface area contributed by atoms with Crippen molar-refractivity contribution >= 4 is 15.9 Å². The smallest absolute Gasteiger partial charge is 0.0175 e. The van der Waals surface area contributed by atoms with Gasteiger partial charge in [-0.15, -0.1) is 0 Å². The molecular weight excluding hydrogens is 276 g/mol. The van der Waals surface area contributed by atoms with Gasteiger partial charge in [0.15, 0.2) is 0 Å². The molecule has 17 heavy (non-hydrogen) atoms. The van der Waals surface area contributed by atoms with E-state index < -0.39 is 0 Å². The first-order chi connectivity index (χ1) is 8.33. The summed E-state index contributed by atoms with van der Waals surface area (Å²) in [4.78, 5) is 0. The van der Waals surface area contributed by atoms with Crippen molar-refractivity contribution in [3.05, 3.63) is 34.3 Å². The molecule has 1 aromatic carbocycles. The van der Waals surface area contributed by atoms with Gasteiger partial charge in [0, 0.05) is 22.5 Å². The molecule has 2 fully saturated rings. The van der Waals surface area contributed by atoms with Gasteiger partial charge in [-0.05, 0) is 50.0 Å². The first-order valence-electron chi connectivity index (χ1n) is 6.55. The van der Waals surface area contributed by atoms with Crippen LogP contribution in [0.25, 0.3) is 0 Å². The number of piperidine rings is 1. The molecule has 0 amide bonds. The highest BCUT2D eigenvalue weighted by molar-refractivity contribution is 9.10. The maximum absolute atomic E-state index is 3.80. The normalized spacial score (nSPS) is 29.2. The van der Waals surface area contributed by atoms with Crippen LogP contribution in [0.2, 0.25) is 0 Å². The van der Waals surface area contributed by atoms with Gasteiger partial charge in [0.1, 0.15) is 0 Å². The molecule has 1 saturated heterocycles. The molecule has 2 N–H and O–H groups in total. The monoisotopic (exact) mass is 294 g/mol. The third-order valence-corrected chi connectivity index (χ3v) is 4.41. The van der Waals surface area contributed by atoms with E-state index in [-0.39, 0.29) is 0 Å². The second-order valence-corrected chi connectivity index (χ2v) is 6.11. The van der Waals surface area contributed by atoms with Crippen LogP contribution in [0, 0.1) is 0 Å². The minimum Gasteiger partial charge on any atom is -0.317 e. The van der Waals surface area contributed by atoms with Crippen molar-refractivity contribution in [2.75, 3.05) is 13.1 Å². The Bertz CT molecular complexity index is 370. The molecule has 1 aliphatic heterocycles. The van der Waals surface area contributed by atoms with Crippen LogP contribution in [0.4, 0.5) is 0 Å². The van der Waals surface area contributed by atoms with Gasteiger partial charge in [0.05, 0.1) is 0 Å². The highest BCUT2D eigenvalue weighted by Gasteiger charge is 2.39. The van der Waals surface area contributed by atoms with E-state index in [4.69, 9.17) is 0 Å². The molecule has 0 bridgehead atoms. The lowest BCUT2D eigenvalue weighted by Crippen LogP contribution is -2.41. The Morgan fingerprint density at radius 2 is 1.82 bits per heavy atom. The molecule has 1 aliphatic carbocycles. The number of benzene rings is 1. The van der Waals surface area contributed by atoms with E-state index in [9.17, 15) is 0 Å². The number of rotatable bonds is 3. The minimum atomic E-state index is 0.722. The summed E-state index contributed by atoms with van der Waals surface area (Å²) in [6.07, 6.45) is 3.87. The summed E-state index contributed by atoms with van der Waals surface area (Å²) in [5.74, 6) is 0.748. The summed E-state index contributed by atoms with van der Waals surface area (Å²) in [6, 6.07) is 10.3. The molecule has 0 unspecified atom stereocenters. The summed E-state index contributed by atoms with van der Waals surface area (Å²) in [7, 11) is 0. The van der Waals surface area contributed by atoms with Crippen LogP contribution in [0.1, 0.15) is 30.7 Å². The molecule has 2 nitrogen and oxygen atoms in total. The number of halogens is 1. The fourth-order valence-corrected chi connectivity index (χ4v) is 3.01. The van der Waals surface area contributed by atoms with Crippen molar-refractivity contribution in [2.45, 2.75) is 37.3 Å². The second-order valence-electron chi connectivity index (χ2n) is 5.19. The van der Waals surface area contributed by atoms with E-state index in [0.717, 1.165) is 18.0 Å². The maximum atomic E-state index is 3.80. The van der Waals surface area contributed by atoms with E-state index in [0.29, 0.717) is 0 Å². The Kier molecular flexibility index (Phi) is 3.50. The Morgan fingerprint density at radius 3 is 2.53 bits per heavy atom. The lowest BCUT2D eigenvalue weighted by molar-refractivity contribution is 0.383. The summed E-state index contributed by atoms with van der Waals surface area (Å²) in [6.45, 7) is 2.35. The van der Waals surface area contributed by atoms with Crippen LogP contribution in [0.15, 0.2) is 28.7 Å². The molecule has 1 aromatic rings. The van der Waals surface area contributed by atoms with E-state index in [2.05, 4.69) is 50.8 Å². The van der Waals surface area contributed by atoms with Crippen molar-refractivity contribution in [2.24, 2.45) is 0 Å². The molecule has 0 spiro atoms. The third-order valence-electron chi connectivity index (χ3n) is 3.88. The van der Waals surface area contributed by atoms with Crippen LogP contribution < -0.4 is 10.6 Å². The number of hydrogen-bond donors (Lipinski definition) is 2. The standard InChI is InChI=1S/C14H19BrN2/c15-11-3-1-10(2-4-11)13-9-14(13)17-12-5-7-16-8-6-12/h1-4,12-14,16-17H,5-9H2/t13-,14+/m0/s1. The van der Waals surface area contributed by atoms with Crippen molar-refractivity contribution < 1.29 is 0 Å². The van der Waals surface area contributed by atoms with E-state index >= 15 is 0 Å². The van der Waals surface area contributed by atoms with Crippen LogP contribution in [0.3, 0.4) is 0 Å². The average Bonchev–Trinajstić information content (AvgIpc) is 3.11. The van der Waals surface area contributed by atoms with Crippen LogP contribution in [-0.2, 0) is 0 Å². The zero-order valence-electron chi connectivity index (χ0n) is 9.95. The predicted molar refractivity (Wildman–Crippen MR) is 74.3 cm³/mol. The summed E-state index contributed by atoms with van der Waals surface area (Å²) >= 11 is 3.49. The van der Waals surface area contributed by atoms with E-state index in [1.807, 2.05) is 0 Å². The molecule has 1 heterocycles. The molecule has 3 heteroatoms. The van der Waals surface area contributed by atoms with Gasteiger partial charge in [-0.2, -0.15) is 0 Å². The van der Waals surface area contributed by atoms with Crippen molar-refractivity contribution in [1.29, 1.82) is 0 Å². The molecule has 2 atom stereocenters. The Labute approximate surface area is 111 Å². The summed E-state index contributed by atoms with van der Waals surface area (Å²) in [5, 5.41) is 7.22. The Balaban J connectivity index is 1.53. The number of nitrogens with one attached hydrogen (secondary N) is 2. The molecular formula is C14H19BrN2. The van der Waals surface area contributed by atoms with Gasteiger partial charge < -0.3 is 10.6 Å². The fraction of sp³-hybridized carbons (Fsp3) is 0.571. The zero-order valence-corrected chi connectivity index (χ0v) is 11.5. The number of hydrogen-bond acceptors (Lipinski definition) is 2. The van der Waals surface area contributed by atoms with E-state index in [1.54, 1.807) is 0 Å². The van der Waals surface area contributed by atoms with Gasteiger partial charge >= 0.3 is 0 Å². The average molecular weight is 295 g/mol. The van der Waals surface area contributed by atoms with Gasteiger partial charge in [-0.3, -0.25) is 0 Å². The lowest BCUT2D eigenvalue weighted by Gasteiger charge is -2.24. The lowest BCUT2D eigenvalue weighted by atomic mass is 10.1. The molecule has 2 aliphatic rings. The highest BCUT2D eigenvalue weighted by Crippen LogP contribution is 2.41. The molecule has 0 radical (unpaired) electrons. The molecule has 92 valence electrons. The quantitative estimate of drug-likeness (QED) is 0.896. The summed E-state index contributed by atoms with van der Waals surface area (Å²) < 4.78 is 1.17. The first-order valence-corrected chi connectivity index (χ1v) is 7.34.